The molecular formula is C29H46O3S. The lowest BCUT2D eigenvalue weighted by Gasteiger charge is -2.53. The lowest BCUT2D eigenvalue weighted by Crippen LogP contribution is -2.57. The van der Waals surface area contributed by atoms with Crippen LogP contribution >= 0.6 is 11.8 Å². The summed E-state index contributed by atoms with van der Waals surface area (Å²) in [7, 11) is 1.71. The first-order valence-corrected chi connectivity index (χ1v) is 13.0. The van der Waals surface area contributed by atoms with Gasteiger partial charge in [-0.1, -0.05) is 77.9 Å². The van der Waals surface area contributed by atoms with Crippen LogP contribution in [0.1, 0.15) is 99.1 Å². The topological polar surface area (TPSA) is 43.4 Å². The number of methoxy groups -OCH3 is 1. The van der Waals surface area contributed by atoms with Crippen LogP contribution in [0.4, 0.5) is 0 Å². The van der Waals surface area contributed by atoms with E-state index in [1.807, 2.05) is 6.07 Å². The second-order valence-corrected chi connectivity index (χ2v) is 12.5. The number of carbonyl (C=O) groups excluding carboxylic acids is 2. The van der Waals surface area contributed by atoms with Crippen LogP contribution in [0, 0.1) is 24.2 Å². The van der Waals surface area contributed by atoms with Gasteiger partial charge in [0.15, 0.2) is 10.9 Å². The van der Waals surface area contributed by atoms with Crippen molar-refractivity contribution in [3.8, 4) is 5.75 Å². The quantitative estimate of drug-likeness (QED) is 0.441. The molecule has 33 heavy (non-hydrogen) atoms. The number of hydrogen-bond acceptors (Lipinski definition) is 4. The zero-order valence-electron chi connectivity index (χ0n) is 23.0. The third kappa shape index (κ3) is 6.74. The summed E-state index contributed by atoms with van der Waals surface area (Å²) in [6.07, 6.45) is 1.74. The first-order chi connectivity index (χ1) is 15.1. The number of allylic oxidation sites excluding steroid dienone is 2. The fraction of sp³-hybridized carbons (Fsp3) is 0.655. The van der Waals surface area contributed by atoms with Crippen LogP contribution in [-0.4, -0.2) is 22.8 Å². The summed E-state index contributed by atoms with van der Waals surface area (Å²) in [5, 5.41) is 0.359. The molecular weight excluding hydrogens is 428 g/mol. The Kier molecular flexibility index (Phi) is 10.5. The Hall–Kier alpha value is -1.55. The van der Waals surface area contributed by atoms with Crippen LogP contribution < -0.4 is 4.74 Å². The highest BCUT2D eigenvalue weighted by Gasteiger charge is 2.59. The molecule has 1 aliphatic carbocycles. The summed E-state index contributed by atoms with van der Waals surface area (Å²) in [4.78, 5) is 22.5. The first kappa shape index (κ1) is 29.5. The Morgan fingerprint density at radius 1 is 0.909 bits per heavy atom. The lowest BCUT2D eigenvalue weighted by molar-refractivity contribution is -0.126. The molecule has 3 rings (SSSR count). The van der Waals surface area contributed by atoms with Gasteiger partial charge in [-0.15, -0.1) is 0 Å². The summed E-state index contributed by atoms with van der Waals surface area (Å²) >= 11 is 1.48. The van der Waals surface area contributed by atoms with E-state index in [9.17, 15) is 9.59 Å². The highest BCUT2D eigenvalue weighted by molar-refractivity contribution is 8.17. The third-order valence-electron chi connectivity index (χ3n) is 7.33. The predicted molar refractivity (Wildman–Crippen MR) is 143 cm³/mol. The molecule has 1 saturated heterocycles. The summed E-state index contributed by atoms with van der Waals surface area (Å²) < 4.78 is 5.32. The molecule has 3 nitrogen and oxygen atoms in total. The van der Waals surface area contributed by atoms with E-state index in [4.69, 9.17) is 4.74 Å². The van der Waals surface area contributed by atoms with E-state index in [0.717, 1.165) is 24.2 Å². The number of carbonyl (C=O) groups is 2. The fourth-order valence-electron chi connectivity index (χ4n) is 4.46. The Balaban J connectivity index is 0.000000249. The minimum atomic E-state index is -0.0995. The zero-order valence-corrected chi connectivity index (χ0v) is 23.8. The molecule has 1 unspecified atom stereocenters. The zero-order chi connectivity index (χ0) is 25.7. The molecule has 4 heteroatoms. The Bertz CT molecular complexity index is 877. The van der Waals surface area contributed by atoms with E-state index in [1.54, 1.807) is 7.11 Å². The van der Waals surface area contributed by atoms with Crippen molar-refractivity contribution in [1.29, 1.82) is 0 Å². The van der Waals surface area contributed by atoms with Gasteiger partial charge in [0.25, 0.3) is 0 Å². The molecule has 1 atom stereocenters. The molecule has 0 amide bonds. The normalized spacial score (nSPS) is 21.5. The van der Waals surface area contributed by atoms with Crippen molar-refractivity contribution in [2.24, 2.45) is 17.3 Å². The van der Waals surface area contributed by atoms with E-state index >= 15 is 0 Å². The van der Waals surface area contributed by atoms with Crippen LogP contribution in [0.2, 0.25) is 0 Å². The molecule has 0 bridgehead atoms. The maximum absolute atomic E-state index is 11.4. The van der Waals surface area contributed by atoms with Crippen LogP contribution in [0.25, 0.3) is 0 Å². The smallest absolute Gasteiger partial charge is 0.197 e. The minimum absolute atomic E-state index is 0.0995. The summed E-state index contributed by atoms with van der Waals surface area (Å²) in [6.45, 7) is 23.3. The Labute approximate surface area is 207 Å². The molecule has 1 heterocycles. The number of ketones is 1. The second kappa shape index (κ2) is 11.7. The molecule has 1 aromatic rings. The SMILES string of the molecule is CC(C)C1(C)C(=O)SC1(C)C.CC1=C(C(C)C)C(=O)CC1.COc1ccc(C(C)C)cc1C. The van der Waals surface area contributed by atoms with E-state index in [0.29, 0.717) is 28.7 Å². The highest BCUT2D eigenvalue weighted by Crippen LogP contribution is 2.59. The lowest BCUT2D eigenvalue weighted by atomic mass is 9.70. The number of thioether (sulfide) groups is 1. The number of ether oxygens (including phenoxy) is 1. The highest BCUT2D eigenvalue weighted by atomic mass is 32.2. The maximum Gasteiger partial charge on any atom is 0.197 e. The van der Waals surface area contributed by atoms with Crippen LogP contribution in [0.5, 0.6) is 5.75 Å². The molecule has 1 aromatic carbocycles. The van der Waals surface area contributed by atoms with E-state index in [2.05, 4.69) is 88.3 Å². The molecule has 186 valence electrons. The second-order valence-electron chi connectivity index (χ2n) is 10.9. The Morgan fingerprint density at radius 2 is 1.48 bits per heavy atom. The molecule has 0 aromatic heterocycles. The summed E-state index contributed by atoms with van der Waals surface area (Å²) in [6, 6.07) is 6.34. The molecule has 0 spiro atoms. The third-order valence-corrected chi connectivity index (χ3v) is 8.87. The molecule has 2 aliphatic rings. The maximum atomic E-state index is 11.4. The summed E-state index contributed by atoms with van der Waals surface area (Å²) in [5.74, 6) is 2.81. The van der Waals surface area contributed by atoms with Crippen LogP contribution in [-0.2, 0) is 9.59 Å². The van der Waals surface area contributed by atoms with Gasteiger partial charge in [0.05, 0.1) is 12.5 Å². The van der Waals surface area contributed by atoms with Crippen molar-refractivity contribution >= 4 is 22.7 Å². The van der Waals surface area contributed by atoms with E-state index in [1.165, 1.54) is 28.5 Å². The predicted octanol–water partition coefficient (Wildman–Crippen LogP) is 8.15. The summed E-state index contributed by atoms with van der Waals surface area (Å²) in [5.41, 5.74) is 4.87. The molecule has 1 aliphatic heterocycles. The minimum Gasteiger partial charge on any atom is -0.496 e. The van der Waals surface area contributed by atoms with Gasteiger partial charge < -0.3 is 4.74 Å². The van der Waals surface area contributed by atoms with Crippen molar-refractivity contribution in [3.63, 3.8) is 0 Å². The molecule has 0 saturated carbocycles. The number of rotatable bonds is 4. The Morgan fingerprint density at radius 3 is 1.73 bits per heavy atom. The average Bonchev–Trinajstić information content (AvgIpc) is 3.06. The largest absolute Gasteiger partial charge is 0.496 e. The fourth-order valence-corrected chi connectivity index (χ4v) is 6.01. The van der Waals surface area contributed by atoms with Gasteiger partial charge in [0, 0.05) is 11.2 Å². The molecule has 1 fully saturated rings. The van der Waals surface area contributed by atoms with Crippen LogP contribution in [0.15, 0.2) is 29.3 Å². The van der Waals surface area contributed by atoms with Gasteiger partial charge in [-0.25, -0.2) is 0 Å². The van der Waals surface area contributed by atoms with E-state index < -0.39 is 0 Å². The van der Waals surface area contributed by atoms with Gasteiger partial charge in [-0.05, 0) is 74.6 Å². The number of hydrogen-bond donors (Lipinski definition) is 0. The standard InChI is InChI=1S/C11H16O.C9H16OS.C9H14O/c1-8(2)10-5-6-11(12-4)9(3)7-10;1-6(2)9(5)7(10)11-8(9,3)4;1-6(2)9-7(3)4-5-8(9)10/h5-8H,1-4H3;6H,1-5H3;6H,4-5H2,1-3H3. The van der Waals surface area contributed by atoms with Gasteiger partial charge in [-0.3, -0.25) is 9.59 Å². The van der Waals surface area contributed by atoms with Gasteiger partial charge in [-0.2, -0.15) is 0 Å². The number of benzene rings is 1. The van der Waals surface area contributed by atoms with Gasteiger partial charge in [0.1, 0.15) is 5.75 Å². The van der Waals surface area contributed by atoms with Crippen molar-refractivity contribution in [3.05, 3.63) is 40.5 Å². The van der Waals surface area contributed by atoms with Gasteiger partial charge >= 0.3 is 0 Å². The van der Waals surface area contributed by atoms with Gasteiger partial charge in [0.2, 0.25) is 0 Å². The number of aryl methyl sites for hydroxylation is 1. The van der Waals surface area contributed by atoms with Crippen molar-refractivity contribution < 1.29 is 14.3 Å². The van der Waals surface area contributed by atoms with Crippen molar-refractivity contribution in [2.45, 2.75) is 99.7 Å². The van der Waals surface area contributed by atoms with Crippen molar-refractivity contribution in [1.82, 2.24) is 0 Å². The number of Topliss-reactive ketones (excluding diaryl/α,β-unsaturated/α-hetero) is 1. The first-order valence-electron chi connectivity index (χ1n) is 12.2. The molecule has 0 N–H and O–H groups in total. The monoisotopic (exact) mass is 474 g/mol. The van der Waals surface area contributed by atoms with E-state index in [-0.39, 0.29) is 10.2 Å². The van der Waals surface area contributed by atoms with Crippen molar-refractivity contribution in [2.75, 3.05) is 7.11 Å². The average molecular weight is 475 g/mol. The molecule has 0 radical (unpaired) electrons. The van der Waals surface area contributed by atoms with Crippen LogP contribution in [0.3, 0.4) is 0 Å².